The van der Waals surface area contributed by atoms with Crippen LogP contribution in [0, 0.1) is 28.6 Å². The zero-order valence-electron chi connectivity index (χ0n) is 15.0. The van der Waals surface area contributed by atoms with Crippen LogP contribution in [0.3, 0.4) is 0 Å². The molecule has 6 heteroatoms. The molecule has 8 atom stereocenters. The minimum atomic E-state index is -0.847. The van der Waals surface area contributed by atoms with Crippen molar-refractivity contribution in [3.05, 3.63) is 24.2 Å². The van der Waals surface area contributed by atoms with Gasteiger partial charge in [-0.3, -0.25) is 4.79 Å². The van der Waals surface area contributed by atoms with Crippen molar-refractivity contribution >= 4 is 5.97 Å². The third-order valence-electron chi connectivity index (χ3n) is 7.96. The molecule has 2 spiro atoms. The Morgan fingerprint density at radius 3 is 2.88 bits per heavy atom. The standard InChI is InChI=1S/C20H26O6/c1-11-7-16(21)20-10-25-17(22)13(20)3-2-4-15(20)19(11)8-14(26-18(19)23)12-5-6-24-9-12/h5-6,9,11,13-17,21-22H,2-4,7-8,10H2,1H3. The number of carbonyl (C=O) groups is 1. The highest BCUT2D eigenvalue weighted by Gasteiger charge is 2.72. The van der Waals surface area contributed by atoms with Gasteiger partial charge < -0.3 is 24.1 Å². The van der Waals surface area contributed by atoms with Gasteiger partial charge in [-0.05, 0) is 37.2 Å². The SMILES string of the molecule is CC1CC(O)C23COC(O)C2CCCC3C12CC(c1ccoc1)OC2=O. The Bertz CT molecular complexity index is 701. The number of aliphatic hydroxyl groups excluding tert-OH is 2. The molecule has 1 aromatic rings. The van der Waals surface area contributed by atoms with E-state index in [0.29, 0.717) is 19.4 Å². The molecular formula is C20H26O6. The molecule has 4 fully saturated rings. The average Bonchev–Trinajstić information content (AvgIpc) is 3.33. The molecule has 2 aliphatic heterocycles. The number of aliphatic hydroxyl groups is 2. The summed E-state index contributed by atoms with van der Waals surface area (Å²) in [5.74, 6) is -0.279. The van der Waals surface area contributed by atoms with E-state index in [9.17, 15) is 15.0 Å². The Morgan fingerprint density at radius 1 is 1.27 bits per heavy atom. The highest BCUT2D eigenvalue weighted by molar-refractivity contribution is 5.80. The monoisotopic (exact) mass is 362 g/mol. The maximum atomic E-state index is 13.3. The van der Waals surface area contributed by atoms with Crippen LogP contribution in [0.2, 0.25) is 0 Å². The van der Waals surface area contributed by atoms with Gasteiger partial charge in [0.15, 0.2) is 6.29 Å². The van der Waals surface area contributed by atoms with Gasteiger partial charge in [-0.15, -0.1) is 0 Å². The second-order valence-corrected chi connectivity index (χ2v) is 8.75. The molecule has 2 N–H and O–H groups in total. The van der Waals surface area contributed by atoms with Crippen molar-refractivity contribution in [1.82, 2.24) is 0 Å². The number of ether oxygens (including phenoxy) is 2. The predicted octanol–water partition coefficient (Wildman–Crippen LogP) is 2.41. The second-order valence-electron chi connectivity index (χ2n) is 8.75. The van der Waals surface area contributed by atoms with Crippen LogP contribution in [-0.4, -0.2) is 35.2 Å². The first-order valence-electron chi connectivity index (χ1n) is 9.71. The fourth-order valence-electron chi connectivity index (χ4n) is 6.72. The van der Waals surface area contributed by atoms with Crippen molar-refractivity contribution in [3.8, 4) is 0 Å². The van der Waals surface area contributed by atoms with Crippen LogP contribution in [0.5, 0.6) is 0 Å². The lowest BCUT2D eigenvalue weighted by Crippen LogP contribution is -2.63. The molecule has 6 nitrogen and oxygen atoms in total. The number of fused-ring (bicyclic) bond motifs is 1. The van der Waals surface area contributed by atoms with E-state index >= 15 is 0 Å². The molecule has 2 aliphatic carbocycles. The molecule has 0 bridgehead atoms. The van der Waals surface area contributed by atoms with Crippen LogP contribution >= 0.6 is 0 Å². The summed E-state index contributed by atoms with van der Waals surface area (Å²) in [5, 5.41) is 21.5. The summed E-state index contributed by atoms with van der Waals surface area (Å²) in [6.45, 7) is 2.38. The van der Waals surface area contributed by atoms with Gasteiger partial charge in [0.05, 0.1) is 30.7 Å². The minimum absolute atomic E-state index is 0.0222. The fraction of sp³-hybridized carbons (Fsp3) is 0.750. The van der Waals surface area contributed by atoms with Gasteiger partial charge in [0.2, 0.25) is 0 Å². The van der Waals surface area contributed by atoms with Crippen LogP contribution in [0.25, 0.3) is 0 Å². The Labute approximate surface area is 152 Å². The highest BCUT2D eigenvalue weighted by atomic mass is 16.6. The molecular weight excluding hydrogens is 336 g/mol. The molecule has 0 radical (unpaired) electrons. The molecule has 1 aromatic heterocycles. The number of hydrogen-bond donors (Lipinski definition) is 2. The summed E-state index contributed by atoms with van der Waals surface area (Å²) >= 11 is 0. The van der Waals surface area contributed by atoms with Crippen molar-refractivity contribution in [2.24, 2.45) is 28.6 Å². The largest absolute Gasteiger partial charge is 0.472 e. The zero-order chi connectivity index (χ0) is 18.1. The maximum absolute atomic E-state index is 13.3. The van der Waals surface area contributed by atoms with Gasteiger partial charge in [-0.1, -0.05) is 13.3 Å². The predicted molar refractivity (Wildman–Crippen MR) is 89.6 cm³/mol. The topological polar surface area (TPSA) is 89.1 Å². The van der Waals surface area contributed by atoms with Crippen LogP contribution in [0.15, 0.2) is 23.0 Å². The first-order chi connectivity index (χ1) is 12.5. The third kappa shape index (κ3) is 1.90. The first kappa shape index (κ1) is 16.8. The van der Waals surface area contributed by atoms with Gasteiger partial charge >= 0.3 is 5.97 Å². The number of furan rings is 1. The Morgan fingerprint density at radius 2 is 2.12 bits per heavy atom. The van der Waals surface area contributed by atoms with E-state index in [1.54, 1.807) is 12.5 Å². The second kappa shape index (κ2) is 5.57. The lowest BCUT2D eigenvalue weighted by atomic mass is 9.43. The van der Waals surface area contributed by atoms with Crippen molar-refractivity contribution in [1.29, 1.82) is 0 Å². The number of hydrogen-bond acceptors (Lipinski definition) is 6. The average molecular weight is 362 g/mol. The van der Waals surface area contributed by atoms with Crippen molar-refractivity contribution < 1.29 is 28.9 Å². The highest BCUT2D eigenvalue weighted by Crippen LogP contribution is 2.68. The van der Waals surface area contributed by atoms with Gasteiger partial charge in [-0.25, -0.2) is 0 Å². The summed E-state index contributed by atoms with van der Waals surface area (Å²) in [4.78, 5) is 13.3. The number of rotatable bonds is 1. The van der Waals surface area contributed by atoms with E-state index in [4.69, 9.17) is 13.9 Å². The fourth-order valence-corrected chi connectivity index (χ4v) is 6.72. The van der Waals surface area contributed by atoms with Crippen LogP contribution < -0.4 is 0 Å². The molecule has 8 unspecified atom stereocenters. The summed E-state index contributed by atoms with van der Waals surface area (Å²) < 4.78 is 16.7. The van der Waals surface area contributed by atoms with Gasteiger partial charge in [0.25, 0.3) is 0 Å². The lowest BCUT2D eigenvalue weighted by molar-refractivity contribution is -0.194. The van der Waals surface area contributed by atoms with E-state index in [2.05, 4.69) is 6.92 Å². The third-order valence-corrected chi connectivity index (χ3v) is 7.96. The number of cyclic esters (lactones) is 1. The van der Waals surface area contributed by atoms with E-state index in [1.165, 1.54) is 0 Å². The minimum Gasteiger partial charge on any atom is -0.472 e. The summed E-state index contributed by atoms with van der Waals surface area (Å²) in [6.07, 6.45) is 5.30. The van der Waals surface area contributed by atoms with Gasteiger partial charge in [-0.2, -0.15) is 0 Å². The molecule has 5 rings (SSSR count). The van der Waals surface area contributed by atoms with E-state index in [0.717, 1.165) is 24.8 Å². The van der Waals surface area contributed by atoms with Gasteiger partial charge in [0, 0.05) is 23.3 Å². The van der Waals surface area contributed by atoms with Crippen molar-refractivity contribution in [2.75, 3.05) is 6.61 Å². The normalized spacial score (nSPS) is 50.5. The quantitative estimate of drug-likeness (QED) is 0.746. The molecule has 4 aliphatic rings. The Balaban J connectivity index is 1.59. The molecule has 2 saturated carbocycles. The lowest BCUT2D eigenvalue weighted by Gasteiger charge is -2.59. The van der Waals surface area contributed by atoms with Crippen LogP contribution in [-0.2, 0) is 14.3 Å². The van der Waals surface area contributed by atoms with E-state index in [-0.39, 0.29) is 29.8 Å². The summed E-state index contributed by atoms with van der Waals surface area (Å²) in [6, 6.07) is 1.85. The molecule has 3 heterocycles. The maximum Gasteiger partial charge on any atom is 0.313 e. The van der Waals surface area contributed by atoms with Gasteiger partial charge in [0.1, 0.15) is 6.10 Å². The number of carbonyl (C=O) groups excluding carboxylic acids is 1. The van der Waals surface area contributed by atoms with Crippen LogP contribution in [0.4, 0.5) is 0 Å². The van der Waals surface area contributed by atoms with E-state index in [1.807, 2.05) is 6.07 Å². The molecule has 26 heavy (non-hydrogen) atoms. The Kier molecular flexibility index (Phi) is 3.59. The molecule has 2 saturated heterocycles. The van der Waals surface area contributed by atoms with Crippen molar-refractivity contribution in [2.45, 2.75) is 57.5 Å². The molecule has 0 amide bonds. The zero-order valence-corrected chi connectivity index (χ0v) is 15.0. The van der Waals surface area contributed by atoms with Crippen molar-refractivity contribution in [3.63, 3.8) is 0 Å². The number of esters is 1. The Hall–Kier alpha value is -1.37. The summed E-state index contributed by atoms with van der Waals surface area (Å²) in [5.41, 5.74) is -0.292. The molecule has 0 aromatic carbocycles. The summed E-state index contributed by atoms with van der Waals surface area (Å²) in [7, 11) is 0. The first-order valence-corrected chi connectivity index (χ1v) is 9.71. The van der Waals surface area contributed by atoms with E-state index < -0.39 is 23.2 Å². The smallest absolute Gasteiger partial charge is 0.313 e. The molecule has 142 valence electrons. The van der Waals surface area contributed by atoms with Crippen LogP contribution in [0.1, 0.15) is 50.7 Å².